The van der Waals surface area contributed by atoms with E-state index in [1.807, 2.05) is 18.2 Å². The van der Waals surface area contributed by atoms with Gasteiger partial charge < -0.3 is 34.1 Å². The van der Waals surface area contributed by atoms with Crippen LogP contribution in [0.3, 0.4) is 0 Å². The molecule has 2 atom stereocenters. The van der Waals surface area contributed by atoms with Crippen LogP contribution in [0.2, 0.25) is 0 Å². The number of carbonyl (C=O) groups excluding carboxylic acids is 1. The molecule has 0 saturated heterocycles. The van der Waals surface area contributed by atoms with Gasteiger partial charge in [0.1, 0.15) is 5.75 Å². The summed E-state index contributed by atoms with van der Waals surface area (Å²) in [4.78, 5) is 13.0. The average molecular weight is 575 g/mol. The monoisotopic (exact) mass is 574 g/mol. The quantitative estimate of drug-likeness (QED) is 0.370. The highest BCUT2D eigenvalue weighted by Crippen LogP contribution is 2.38. The molecule has 2 aliphatic heterocycles. The van der Waals surface area contributed by atoms with Gasteiger partial charge in [0.15, 0.2) is 17.3 Å². The number of hydrogen-bond donors (Lipinski definition) is 2. The predicted octanol–water partition coefficient (Wildman–Crippen LogP) is 2.36. The smallest absolute Gasteiger partial charge is 0.286 e. The summed E-state index contributed by atoms with van der Waals surface area (Å²) in [6.07, 6.45) is 3.61. The molecule has 2 aromatic carbocycles. The maximum atomic E-state index is 13.2. The van der Waals surface area contributed by atoms with Gasteiger partial charge in [0.25, 0.3) is 5.91 Å². The Balaban J connectivity index is 1.27. The van der Waals surface area contributed by atoms with E-state index in [1.165, 1.54) is 19.2 Å². The lowest BCUT2D eigenvalue weighted by molar-refractivity contribution is -0.146. The molecule has 1 aliphatic carbocycles. The fourth-order valence-electron chi connectivity index (χ4n) is 4.59. The summed E-state index contributed by atoms with van der Waals surface area (Å²) >= 11 is 0. The minimum absolute atomic E-state index is 0.00904. The zero-order valence-corrected chi connectivity index (χ0v) is 23.1. The SMILES string of the molecule is COc1ccc(S(=O)(=O)N(CCO)CCOC2CC(c3ccc4c(c3)OCO4)C=C(C(=O)NCC3CC3)O2)cc1. The Morgan fingerprint density at radius 1 is 1.10 bits per heavy atom. The molecule has 0 radical (unpaired) electrons. The number of nitrogens with zero attached hydrogens (tertiary/aromatic N) is 1. The average Bonchev–Trinajstić information content (AvgIpc) is 3.69. The topological polar surface area (TPSA) is 133 Å². The van der Waals surface area contributed by atoms with Gasteiger partial charge >= 0.3 is 0 Å². The molecule has 0 bridgehead atoms. The molecule has 2 unspecified atom stereocenters. The predicted molar refractivity (Wildman–Crippen MR) is 143 cm³/mol. The van der Waals surface area contributed by atoms with E-state index in [0.29, 0.717) is 36.1 Å². The molecule has 1 fully saturated rings. The van der Waals surface area contributed by atoms with Crippen LogP contribution in [0, 0.1) is 5.92 Å². The minimum atomic E-state index is -3.89. The van der Waals surface area contributed by atoms with Crippen molar-refractivity contribution in [2.45, 2.75) is 36.4 Å². The van der Waals surface area contributed by atoms with Gasteiger partial charge in [-0.1, -0.05) is 6.07 Å². The van der Waals surface area contributed by atoms with Gasteiger partial charge in [-0.25, -0.2) is 8.42 Å². The summed E-state index contributed by atoms with van der Waals surface area (Å²) in [7, 11) is -2.39. The summed E-state index contributed by atoms with van der Waals surface area (Å²) in [5, 5.41) is 12.5. The number of sulfonamides is 1. The molecule has 40 heavy (non-hydrogen) atoms. The van der Waals surface area contributed by atoms with Crippen molar-refractivity contribution in [3.63, 3.8) is 0 Å². The molecular formula is C28H34N2O9S. The maximum absolute atomic E-state index is 13.2. The molecule has 0 spiro atoms. The molecular weight excluding hydrogens is 540 g/mol. The van der Waals surface area contributed by atoms with Crippen molar-refractivity contribution in [2.75, 3.05) is 46.8 Å². The van der Waals surface area contributed by atoms with Crippen LogP contribution in [0.4, 0.5) is 0 Å². The van der Waals surface area contributed by atoms with Crippen molar-refractivity contribution in [1.82, 2.24) is 9.62 Å². The van der Waals surface area contributed by atoms with Gasteiger partial charge in [0.05, 0.1) is 25.2 Å². The Labute approximate surface area is 233 Å². The van der Waals surface area contributed by atoms with E-state index in [2.05, 4.69) is 5.32 Å². The third-order valence-electron chi connectivity index (χ3n) is 7.05. The second-order valence-electron chi connectivity index (χ2n) is 9.86. The Hall–Kier alpha value is -3.32. The van der Waals surface area contributed by atoms with Crippen LogP contribution in [0.15, 0.2) is 59.2 Å². The van der Waals surface area contributed by atoms with Gasteiger partial charge in [-0.05, 0) is 66.8 Å². The van der Waals surface area contributed by atoms with E-state index in [-0.39, 0.29) is 55.6 Å². The standard InChI is InChI=1S/C28H34N2O9S/c1-35-22-5-7-23(8-6-22)40(33,34)30(10-12-31)11-13-36-27-16-21(20-4-9-24-25(14-20)38-18-37-24)15-26(39-27)28(32)29-17-19-2-3-19/h4-9,14-15,19,21,27,31H,2-3,10-13,16-18H2,1H3,(H,29,32). The van der Waals surface area contributed by atoms with Crippen LogP contribution >= 0.6 is 0 Å². The van der Waals surface area contributed by atoms with Crippen molar-refractivity contribution in [3.05, 3.63) is 59.9 Å². The second kappa shape index (κ2) is 12.5. The molecule has 1 amide bonds. The van der Waals surface area contributed by atoms with Crippen molar-refractivity contribution in [1.29, 1.82) is 0 Å². The zero-order chi connectivity index (χ0) is 28.1. The number of rotatable bonds is 13. The second-order valence-corrected chi connectivity index (χ2v) is 11.8. The zero-order valence-electron chi connectivity index (χ0n) is 22.3. The molecule has 2 heterocycles. The van der Waals surface area contributed by atoms with E-state index in [9.17, 15) is 18.3 Å². The van der Waals surface area contributed by atoms with E-state index >= 15 is 0 Å². The number of aliphatic hydroxyl groups excluding tert-OH is 1. The number of fused-ring (bicyclic) bond motifs is 1. The Morgan fingerprint density at radius 2 is 1.88 bits per heavy atom. The summed E-state index contributed by atoms with van der Waals surface area (Å²) < 4.78 is 55.5. The van der Waals surface area contributed by atoms with Gasteiger partial charge in [-0.2, -0.15) is 4.31 Å². The normalized spacial score (nSPS) is 20.1. The van der Waals surface area contributed by atoms with Crippen molar-refractivity contribution < 1.29 is 42.0 Å². The summed E-state index contributed by atoms with van der Waals surface area (Å²) in [6, 6.07) is 11.7. The number of allylic oxidation sites excluding steroid dienone is 1. The summed E-state index contributed by atoms with van der Waals surface area (Å²) in [5.74, 6) is 2.00. The fraction of sp³-hybridized carbons (Fsp3) is 0.464. The van der Waals surface area contributed by atoms with Gasteiger partial charge in [-0.15, -0.1) is 0 Å². The third-order valence-corrected chi connectivity index (χ3v) is 8.96. The first-order chi connectivity index (χ1) is 19.4. The Bertz CT molecular complexity index is 1330. The Kier molecular flexibility index (Phi) is 8.79. The molecule has 1 saturated carbocycles. The summed E-state index contributed by atoms with van der Waals surface area (Å²) in [6.45, 7) is 0.278. The molecule has 2 N–H and O–H groups in total. The highest BCUT2D eigenvalue weighted by molar-refractivity contribution is 7.89. The summed E-state index contributed by atoms with van der Waals surface area (Å²) in [5.41, 5.74) is 0.914. The van der Waals surface area contributed by atoms with Gasteiger partial charge in [0, 0.05) is 32.0 Å². The van der Waals surface area contributed by atoms with Crippen molar-refractivity contribution in [3.8, 4) is 17.2 Å². The third kappa shape index (κ3) is 6.69. The molecule has 5 rings (SSSR count). The van der Waals surface area contributed by atoms with E-state index in [4.69, 9.17) is 23.7 Å². The maximum Gasteiger partial charge on any atom is 0.286 e. The van der Waals surface area contributed by atoms with Crippen LogP contribution < -0.4 is 19.5 Å². The highest BCUT2D eigenvalue weighted by atomic mass is 32.2. The molecule has 2 aromatic rings. The number of amides is 1. The first-order valence-electron chi connectivity index (χ1n) is 13.3. The Morgan fingerprint density at radius 3 is 2.60 bits per heavy atom. The first kappa shape index (κ1) is 28.2. The molecule has 0 aromatic heterocycles. The number of benzene rings is 2. The van der Waals surface area contributed by atoms with E-state index in [1.54, 1.807) is 18.2 Å². The minimum Gasteiger partial charge on any atom is -0.497 e. The lowest BCUT2D eigenvalue weighted by Gasteiger charge is -2.30. The number of aliphatic hydroxyl groups is 1. The van der Waals surface area contributed by atoms with Crippen LogP contribution in [-0.4, -0.2) is 76.8 Å². The number of ether oxygens (including phenoxy) is 5. The van der Waals surface area contributed by atoms with E-state index in [0.717, 1.165) is 22.7 Å². The molecule has 3 aliphatic rings. The van der Waals surface area contributed by atoms with Crippen LogP contribution in [0.25, 0.3) is 0 Å². The van der Waals surface area contributed by atoms with Crippen molar-refractivity contribution >= 4 is 15.9 Å². The molecule has 12 heteroatoms. The highest BCUT2D eigenvalue weighted by Gasteiger charge is 2.32. The number of methoxy groups -OCH3 is 1. The van der Waals surface area contributed by atoms with E-state index < -0.39 is 16.3 Å². The van der Waals surface area contributed by atoms with Crippen LogP contribution in [0.5, 0.6) is 17.2 Å². The fourth-order valence-corrected chi connectivity index (χ4v) is 6.00. The van der Waals surface area contributed by atoms with Crippen LogP contribution in [-0.2, 0) is 24.3 Å². The van der Waals surface area contributed by atoms with Gasteiger partial charge in [0.2, 0.25) is 23.1 Å². The lowest BCUT2D eigenvalue weighted by atomic mass is 9.92. The molecule has 216 valence electrons. The van der Waals surface area contributed by atoms with Crippen molar-refractivity contribution in [2.24, 2.45) is 5.92 Å². The first-order valence-corrected chi connectivity index (χ1v) is 14.7. The number of carbonyl (C=O) groups is 1. The van der Waals surface area contributed by atoms with Gasteiger partial charge in [-0.3, -0.25) is 4.79 Å². The molecule has 11 nitrogen and oxygen atoms in total. The lowest BCUT2D eigenvalue weighted by Crippen LogP contribution is -2.38. The number of hydrogen-bond acceptors (Lipinski definition) is 9. The van der Waals surface area contributed by atoms with Crippen LogP contribution in [0.1, 0.15) is 30.7 Å². The number of nitrogens with one attached hydrogen (secondary N) is 1. The largest absolute Gasteiger partial charge is 0.497 e.